The molecule has 0 N–H and O–H groups in total. The lowest BCUT2D eigenvalue weighted by Gasteiger charge is -2.35. The van der Waals surface area contributed by atoms with E-state index in [2.05, 4.69) is 0 Å². The van der Waals surface area contributed by atoms with E-state index in [9.17, 15) is 22.4 Å². The number of halogens is 1. The molecule has 2 saturated heterocycles. The fourth-order valence-electron chi connectivity index (χ4n) is 3.74. The maximum Gasteiger partial charge on any atom is 0.228 e. The number of benzene rings is 1. The lowest BCUT2D eigenvalue weighted by Crippen LogP contribution is -2.52. The highest BCUT2D eigenvalue weighted by molar-refractivity contribution is 7.90. The van der Waals surface area contributed by atoms with Crippen molar-refractivity contribution in [3.8, 4) is 0 Å². The largest absolute Gasteiger partial charge is 0.340 e. The summed E-state index contributed by atoms with van der Waals surface area (Å²) in [6.45, 7) is 1.60. The van der Waals surface area contributed by atoms with Crippen molar-refractivity contribution in [3.63, 3.8) is 0 Å². The lowest BCUT2D eigenvalue weighted by atomic mass is 10.1. The first kappa shape index (κ1) is 18.4. The predicted molar refractivity (Wildman–Crippen MR) is 97.0 cm³/mol. The van der Waals surface area contributed by atoms with Crippen LogP contribution in [0.4, 0.5) is 10.1 Å². The number of nitrogens with zero attached hydrogens (tertiary/aromatic N) is 3. The summed E-state index contributed by atoms with van der Waals surface area (Å²) in [5.41, 5.74) is 0.581. The van der Waals surface area contributed by atoms with Gasteiger partial charge in [0, 0.05) is 44.8 Å². The number of hydrogen-bond donors (Lipinski definition) is 0. The van der Waals surface area contributed by atoms with Crippen molar-refractivity contribution in [1.29, 1.82) is 0 Å². The van der Waals surface area contributed by atoms with Gasteiger partial charge >= 0.3 is 0 Å². The fraction of sp³-hybridized carbons (Fsp3) is 0.556. The third-order valence-corrected chi connectivity index (χ3v) is 7.87. The standard InChI is InChI=1S/C18H22FN3O4S/c19-14-1-3-15(4-2-14)22-12-13(11-17(22)23)18(24)20-7-9-21(10-8-20)27(25,26)16-5-6-16/h1-4,13,16H,5-12H2. The van der Waals surface area contributed by atoms with Crippen LogP contribution >= 0.6 is 0 Å². The van der Waals surface area contributed by atoms with E-state index in [0.717, 1.165) is 12.8 Å². The Kier molecular flexibility index (Phi) is 4.67. The number of sulfonamides is 1. The van der Waals surface area contributed by atoms with Gasteiger partial charge in [0.15, 0.2) is 0 Å². The molecule has 1 atom stereocenters. The van der Waals surface area contributed by atoms with Gasteiger partial charge in [-0.05, 0) is 37.1 Å². The van der Waals surface area contributed by atoms with Gasteiger partial charge in [0.25, 0.3) is 0 Å². The highest BCUT2D eigenvalue weighted by Crippen LogP contribution is 2.32. The topological polar surface area (TPSA) is 78.0 Å². The summed E-state index contributed by atoms with van der Waals surface area (Å²) in [4.78, 5) is 28.3. The van der Waals surface area contributed by atoms with Crippen LogP contribution in [0.15, 0.2) is 24.3 Å². The van der Waals surface area contributed by atoms with Crippen LogP contribution in [-0.2, 0) is 19.6 Å². The smallest absolute Gasteiger partial charge is 0.228 e. The lowest BCUT2D eigenvalue weighted by molar-refractivity contribution is -0.136. The SMILES string of the molecule is O=C(C1CC(=O)N(c2ccc(F)cc2)C1)N1CCN(S(=O)(=O)C2CC2)CC1. The van der Waals surface area contributed by atoms with E-state index in [1.54, 1.807) is 4.90 Å². The summed E-state index contributed by atoms with van der Waals surface area (Å²) in [6, 6.07) is 5.64. The molecule has 9 heteroatoms. The Morgan fingerprint density at radius 1 is 1.04 bits per heavy atom. The molecule has 0 radical (unpaired) electrons. The third-order valence-electron chi connectivity index (χ3n) is 5.47. The van der Waals surface area contributed by atoms with Crippen LogP contribution in [0.3, 0.4) is 0 Å². The molecule has 2 heterocycles. The van der Waals surface area contributed by atoms with Crippen molar-refractivity contribution in [3.05, 3.63) is 30.1 Å². The maximum absolute atomic E-state index is 13.1. The highest BCUT2D eigenvalue weighted by atomic mass is 32.2. The number of amides is 2. The predicted octanol–water partition coefficient (Wildman–Crippen LogP) is 0.815. The molecule has 2 aliphatic heterocycles. The minimum Gasteiger partial charge on any atom is -0.340 e. The van der Waals surface area contributed by atoms with Crippen LogP contribution in [0, 0.1) is 11.7 Å². The summed E-state index contributed by atoms with van der Waals surface area (Å²) in [6.07, 6.45) is 1.58. The molecule has 1 aromatic carbocycles. The molecule has 3 aliphatic rings. The average molecular weight is 395 g/mol. The first-order valence-corrected chi connectivity index (χ1v) is 10.7. The quantitative estimate of drug-likeness (QED) is 0.756. The Balaban J connectivity index is 1.36. The second-order valence-electron chi connectivity index (χ2n) is 7.35. The Bertz CT molecular complexity index is 846. The molecule has 7 nitrogen and oxygen atoms in total. The second kappa shape index (κ2) is 6.87. The minimum atomic E-state index is -3.21. The highest BCUT2D eigenvalue weighted by Gasteiger charge is 2.43. The summed E-state index contributed by atoms with van der Waals surface area (Å²) < 4.78 is 39.1. The molecule has 1 saturated carbocycles. The minimum absolute atomic E-state index is 0.114. The van der Waals surface area contributed by atoms with Crippen LogP contribution in [0.25, 0.3) is 0 Å². The van der Waals surface area contributed by atoms with E-state index in [1.165, 1.54) is 33.5 Å². The zero-order valence-electron chi connectivity index (χ0n) is 14.9. The van der Waals surface area contributed by atoms with Gasteiger partial charge in [-0.25, -0.2) is 12.8 Å². The Morgan fingerprint density at radius 3 is 2.26 bits per heavy atom. The van der Waals surface area contributed by atoms with Crippen molar-refractivity contribution < 1.29 is 22.4 Å². The van der Waals surface area contributed by atoms with E-state index in [1.807, 2.05) is 0 Å². The Hall–Kier alpha value is -2.00. The van der Waals surface area contributed by atoms with E-state index in [4.69, 9.17) is 0 Å². The van der Waals surface area contributed by atoms with E-state index in [0.29, 0.717) is 31.9 Å². The van der Waals surface area contributed by atoms with Gasteiger partial charge in [-0.1, -0.05) is 0 Å². The summed E-state index contributed by atoms with van der Waals surface area (Å²) in [5.74, 6) is -1.10. The van der Waals surface area contributed by atoms with E-state index < -0.39 is 15.9 Å². The third kappa shape index (κ3) is 3.58. The monoisotopic (exact) mass is 395 g/mol. The van der Waals surface area contributed by atoms with E-state index in [-0.39, 0.29) is 35.8 Å². The van der Waals surface area contributed by atoms with Gasteiger partial charge in [-0.15, -0.1) is 0 Å². The Morgan fingerprint density at radius 2 is 1.67 bits per heavy atom. The number of carbonyl (C=O) groups is 2. The first-order valence-electron chi connectivity index (χ1n) is 9.20. The van der Waals surface area contributed by atoms with Gasteiger partial charge in [-0.2, -0.15) is 4.31 Å². The summed E-state index contributed by atoms with van der Waals surface area (Å²) in [7, 11) is -3.21. The summed E-state index contributed by atoms with van der Waals surface area (Å²) >= 11 is 0. The van der Waals surface area contributed by atoms with Crippen LogP contribution in [0.2, 0.25) is 0 Å². The number of piperazine rings is 1. The molecule has 1 aromatic rings. The molecule has 3 fully saturated rings. The van der Waals surface area contributed by atoms with Gasteiger partial charge in [-0.3, -0.25) is 9.59 Å². The molecule has 0 aromatic heterocycles. The molecule has 1 unspecified atom stereocenters. The normalized spacial score (nSPS) is 24.5. The first-order chi connectivity index (χ1) is 12.9. The maximum atomic E-state index is 13.1. The van der Waals surface area contributed by atoms with Crippen molar-refractivity contribution in [2.45, 2.75) is 24.5 Å². The molecular formula is C18H22FN3O4S. The fourth-order valence-corrected chi connectivity index (χ4v) is 5.57. The van der Waals surface area contributed by atoms with Gasteiger partial charge < -0.3 is 9.80 Å². The molecular weight excluding hydrogens is 373 g/mol. The molecule has 2 amide bonds. The van der Waals surface area contributed by atoms with Crippen molar-refractivity contribution in [2.24, 2.45) is 5.92 Å². The number of carbonyl (C=O) groups excluding carboxylic acids is 2. The summed E-state index contributed by atoms with van der Waals surface area (Å²) in [5, 5.41) is -0.239. The van der Waals surface area contributed by atoms with Gasteiger partial charge in [0.2, 0.25) is 21.8 Å². The molecule has 1 aliphatic carbocycles. The molecule has 0 bridgehead atoms. The van der Waals surface area contributed by atoms with Crippen molar-refractivity contribution in [2.75, 3.05) is 37.6 Å². The number of hydrogen-bond acceptors (Lipinski definition) is 4. The molecule has 27 heavy (non-hydrogen) atoms. The van der Waals surface area contributed by atoms with Crippen molar-refractivity contribution in [1.82, 2.24) is 9.21 Å². The van der Waals surface area contributed by atoms with Gasteiger partial charge in [0.1, 0.15) is 5.82 Å². The van der Waals surface area contributed by atoms with Crippen LogP contribution in [0.1, 0.15) is 19.3 Å². The van der Waals surface area contributed by atoms with Gasteiger partial charge in [0.05, 0.1) is 11.2 Å². The zero-order chi connectivity index (χ0) is 19.2. The molecule has 4 rings (SSSR count). The zero-order valence-corrected chi connectivity index (χ0v) is 15.7. The molecule has 146 valence electrons. The van der Waals surface area contributed by atoms with Crippen molar-refractivity contribution >= 4 is 27.5 Å². The molecule has 0 spiro atoms. The Labute approximate surface area is 157 Å². The van der Waals surface area contributed by atoms with Crippen LogP contribution in [-0.4, -0.2) is 67.4 Å². The number of anilines is 1. The average Bonchev–Trinajstić information content (AvgIpc) is 3.45. The second-order valence-corrected chi connectivity index (χ2v) is 9.56. The van der Waals surface area contributed by atoms with Crippen LogP contribution < -0.4 is 4.90 Å². The van der Waals surface area contributed by atoms with Crippen LogP contribution in [0.5, 0.6) is 0 Å². The van der Waals surface area contributed by atoms with E-state index >= 15 is 0 Å². The number of rotatable bonds is 4.